The van der Waals surface area contributed by atoms with Gasteiger partial charge in [-0.1, -0.05) is 12.1 Å². The number of hydrogen-bond acceptors (Lipinski definition) is 7. The molecular weight excluding hydrogens is 511 g/mol. The highest BCUT2D eigenvalue weighted by molar-refractivity contribution is 7.92. The highest BCUT2D eigenvalue weighted by Gasteiger charge is 2.23. The van der Waals surface area contributed by atoms with Gasteiger partial charge in [0.05, 0.1) is 28.8 Å². The monoisotopic (exact) mass is 536 g/mol. The lowest BCUT2D eigenvalue weighted by Crippen LogP contribution is -2.47. The maximum absolute atomic E-state index is 13.2. The molecule has 4 aromatic rings. The maximum atomic E-state index is 13.2. The molecule has 5 rings (SSSR count). The van der Waals surface area contributed by atoms with Gasteiger partial charge >= 0.3 is 5.97 Å². The summed E-state index contributed by atoms with van der Waals surface area (Å²) in [6.45, 7) is 2.66. The smallest absolute Gasteiger partial charge is 0.336 e. The Balaban J connectivity index is 1.40. The molecule has 9 nitrogen and oxygen atoms in total. The van der Waals surface area contributed by atoms with E-state index in [2.05, 4.69) is 14.6 Å². The summed E-state index contributed by atoms with van der Waals surface area (Å²) in [5.74, 6) is -0.369. The van der Waals surface area contributed by atoms with E-state index >= 15 is 0 Å². The fourth-order valence-corrected chi connectivity index (χ4v) is 5.56. The topological polar surface area (TPSA) is 112 Å². The van der Waals surface area contributed by atoms with Gasteiger partial charge in [0.25, 0.3) is 10.0 Å². The second-order valence-electron chi connectivity index (χ2n) is 8.77. The van der Waals surface area contributed by atoms with E-state index in [0.717, 1.165) is 35.7 Å². The van der Waals surface area contributed by atoms with Crippen LogP contribution >= 0.6 is 0 Å². The standard InChI is InChI=1S/C27H25FN4O5S/c1-37-25-5-3-2-4-24(25)31-12-14-32(15-13-31)26-17-22(27(33)34)21-16-19(8-11-23(21)29-26)30-38(35,36)20-9-6-18(28)7-10-20/h2-11,16-17,30H,12-15H2,1H3,(H,33,34). The van der Waals surface area contributed by atoms with Crippen molar-refractivity contribution in [3.05, 3.63) is 84.2 Å². The number of aromatic carboxylic acids is 1. The summed E-state index contributed by atoms with van der Waals surface area (Å²) >= 11 is 0. The molecule has 0 amide bonds. The van der Waals surface area contributed by atoms with E-state index in [1.165, 1.54) is 18.2 Å². The van der Waals surface area contributed by atoms with Crippen LogP contribution in [-0.2, 0) is 10.0 Å². The van der Waals surface area contributed by atoms with Gasteiger partial charge in [0.15, 0.2) is 0 Å². The lowest BCUT2D eigenvalue weighted by Gasteiger charge is -2.37. The first-order chi connectivity index (χ1) is 18.2. The minimum absolute atomic E-state index is 0.0139. The number of carbonyl (C=O) groups is 1. The molecule has 196 valence electrons. The molecule has 1 aliphatic rings. The van der Waals surface area contributed by atoms with Gasteiger partial charge < -0.3 is 19.6 Å². The molecule has 0 bridgehead atoms. The summed E-state index contributed by atoms with van der Waals surface area (Å²) in [5.41, 5.74) is 1.61. The van der Waals surface area contributed by atoms with Gasteiger partial charge in [0.2, 0.25) is 0 Å². The van der Waals surface area contributed by atoms with Crippen molar-refractivity contribution in [2.75, 3.05) is 47.8 Å². The number of methoxy groups -OCH3 is 1. The first kappa shape index (κ1) is 25.3. The molecule has 2 heterocycles. The van der Waals surface area contributed by atoms with Crippen LogP contribution in [0.2, 0.25) is 0 Å². The molecule has 1 fully saturated rings. The zero-order chi connectivity index (χ0) is 26.9. The van der Waals surface area contributed by atoms with Gasteiger partial charge in [-0.3, -0.25) is 4.72 Å². The van der Waals surface area contributed by atoms with Crippen molar-refractivity contribution in [1.29, 1.82) is 0 Å². The second-order valence-corrected chi connectivity index (χ2v) is 10.5. The lowest BCUT2D eigenvalue weighted by atomic mass is 10.1. The molecule has 3 aromatic carbocycles. The van der Waals surface area contributed by atoms with Crippen molar-refractivity contribution in [1.82, 2.24) is 4.98 Å². The van der Waals surface area contributed by atoms with Gasteiger partial charge in [-0.15, -0.1) is 0 Å². The van der Waals surface area contributed by atoms with Crippen LogP contribution < -0.4 is 19.3 Å². The lowest BCUT2D eigenvalue weighted by molar-refractivity contribution is 0.0699. The molecule has 1 saturated heterocycles. The number of sulfonamides is 1. The summed E-state index contributed by atoms with van der Waals surface area (Å²) in [4.78, 5) is 21.0. The predicted octanol–water partition coefficient (Wildman–Crippen LogP) is 4.21. The number of para-hydroxylation sites is 2. The Bertz CT molecular complexity index is 1600. The maximum Gasteiger partial charge on any atom is 0.336 e. The third-order valence-electron chi connectivity index (χ3n) is 6.43. The molecule has 0 atom stereocenters. The Hall–Kier alpha value is -4.38. The number of nitrogens with zero attached hydrogens (tertiary/aromatic N) is 3. The number of ether oxygens (including phenoxy) is 1. The number of aromatic nitrogens is 1. The zero-order valence-corrected chi connectivity index (χ0v) is 21.3. The third kappa shape index (κ3) is 5.05. The highest BCUT2D eigenvalue weighted by Crippen LogP contribution is 2.31. The molecule has 0 saturated carbocycles. The fourth-order valence-electron chi connectivity index (χ4n) is 4.51. The van der Waals surface area contributed by atoms with E-state index in [4.69, 9.17) is 4.74 Å². The van der Waals surface area contributed by atoms with Crippen molar-refractivity contribution in [2.45, 2.75) is 4.90 Å². The number of halogens is 1. The van der Waals surface area contributed by atoms with E-state index < -0.39 is 21.8 Å². The molecule has 11 heteroatoms. The normalized spacial score (nSPS) is 13.9. The Labute approximate surface area is 219 Å². The molecule has 1 aromatic heterocycles. The second kappa shape index (κ2) is 10.2. The van der Waals surface area contributed by atoms with Crippen LogP contribution in [0.3, 0.4) is 0 Å². The van der Waals surface area contributed by atoms with Crippen LogP contribution in [0.1, 0.15) is 10.4 Å². The van der Waals surface area contributed by atoms with Crippen LogP contribution in [-0.4, -0.2) is 57.8 Å². The minimum atomic E-state index is -4.00. The quantitative estimate of drug-likeness (QED) is 0.361. The average molecular weight is 537 g/mol. The van der Waals surface area contributed by atoms with Crippen molar-refractivity contribution in [3.8, 4) is 5.75 Å². The Morgan fingerprint density at radius 3 is 2.34 bits per heavy atom. The predicted molar refractivity (Wildman–Crippen MR) is 143 cm³/mol. The number of carboxylic acid groups (broad SMARTS) is 1. The molecule has 0 radical (unpaired) electrons. The number of carboxylic acids is 1. The van der Waals surface area contributed by atoms with Crippen molar-refractivity contribution in [2.24, 2.45) is 0 Å². The van der Waals surface area contributed by atoms with Crippen LogP contribution in [0.25, 0.3) is 10.9 Å². The number of pyridine rings is 1. The molecule has 38 heavy (non-hydrogen) atoms. The van der Waals surface area contributed by atoms with Gasteiger partial charge in [0.1, 0.15) is 17.4 Å². The van der Waals surface area contributed by atoms with Crippen LogP contribution in [0, 0.1) is 5.82 Å². The van der Waals surface area contributed by atoms with Crippen LogP contribution in [0.5, 0.6) is 5.75 Å². The van der Waals surface area contributed by atoms with Crippen molar-refractivity contribution >= 4 is 44.1 Å². The summed E-state index contributed by atoms with van der Waals surface area (Å²) in [6.07, 6.45) is 0. The number of piperazine rings is 1. The molecule has 1 aliphatic heterocycles. The zero-order valence-electron chi connectivity index (χ0n) is 20.5. The van der Waals surface area contributed by atoms with Crippen molar-refractivity contribution in [3.63, 3.8) is 0 Å². The van der Waals surface area contributed by atoms with Crippen LogP contribution in [0.15, 0.2) is 77.7 Å². The van der Waals surface area contributed by atoms with Crippen LogP contribution in [0.4, 0.5) is 21.6 Å². The van der Waals surface area contributed by atoms with E-state index in [-0.39, 0.29) is 16.1 Å². The molecule has 0 aliphatic carbocycles. The summed E-state index contributed by atoms with van der Waals surface area (Å²) in [6, 6.07) is 18.3. The van der Waals surface area contributed by atoms with E-state index in [1.54, 1.807) is 13.2 Å². The Kier molecular flexibility index (Phi) is 6.77. The van der Waals surface area contributed by atoms with Gasteiger partial charge in [0, 0.05) is 37.3 Å². The number of benzene rings is 3. The van der Waals surface area contributed by atoms with Gasteiger partial charge in [-0.25, -0.2) is 22.6 Å². The number of nitrogens with one attached hydrogen (secondary N) is 1. The molecule has 0 unspecified atom stereocenters. The largest absolute Gasteiger partial charge is 0.495 e. The number of fused-ring (bicyclic) bond motifs is 1. The first-order valence-electron chi connectivity index (χ1n) is 11.8. The SMILES string of the molecule is COc1ccccc1N1CCN(c2cc(C(=O)O)c3cc(NS(=O)(=O)c4ccc(F)cc4)ccc3n2)CC1. The first-order valence-corrected chi connectivity index (χ1v) is 13.3. The van der Waals surface area contributed by atoms with Crippen molar-refractivity contribution < 1.29 is 27.4 Å². The fraction of sp³-hybridized carbons (Fsp3) is 0.185. The summed E-state index contributed by atoms with van der Waals surface area (Å²) in [7, 11) is -2.36. The number of hydrogen-bond donors (Lipinski definition) is 2. The highest BCUT2D eigenvalue weighted by atomic mass is 32.2. The molecular formula is C27H25FN4O5S. The van der Waals surface area contributed by atoms with E-state index in [0.29, 0.717) is 42.9 Å². The summed E-state index contributed by atoms with van der Waals surface area (Å²) < 4.78 is 46.5. The van der Waals surface area contributed by atoms with E-state index in [1.807, 2.05) is 29.2 Å². The van der Waals surface area contributed by atoms with Gasteiger partial charge in [-0.2, -0.15) is 0 Å². The minimum Gasteiger partial charge on any atom is -0.495 e. The number of rotatable bonds is 7. The summed E-state index contributed by atoms with van der Waals surface area (Å²) in [5, 5.41) is 10.2. The molecule has 2 N–H and O–H groups in total. The average Bonchev–Trinajstić information content (AvgIpc) is 2.92. The third-order valence-corrected chi connectivity index (χ3v) is 7.83. The Morgan fingerprint density at radius 2 is 1.66 bits per heavy atom. The Morgan fingerprint density at radius 1 is 0.974 bits per heavy atom. The molecule has 0 spiro atoms. The van der Waals surface area contributed by atoms with Gasteiger partial charge in [-0.05, 0) is 60.7 Å². The number of anilines is 3. The van der Waals surface area contributed by atoms with E-state index in [9.17, 15) is 22.7 Å².